The topological polar surface area (TPSA) is 53.0 Å². The predicted molar refractivity (Wildman–Crippen MR) is 97.4 cm³/mol. The zero-order valence-corrected chi connectivity index (χ0v) is 14.7. The minimum atomic E-state index is -0.180. The van der Waals surface area contributed by atoms with Gasteiger partial charge in [-0.1, -0.05) is 29.8 Å². The molecule has 0 saturated carbocycles. The zero-order valence-electron chi connectivity index (χ0n) is 13.9. The fourth-order valence-electron chi connectivity index (χ4n) is 2.83. The van der Waals surface area contributed by atoms with E-state index in [1.54, 1.807) is 11.0 Å². The smallest absolute Gasteiger partial charge is 0.257 e. The van der Waals surface area contributed by atoms with Gasteiger partial charge < -0.3 is 14.7 Å². The number of hydrogen-bond donors (Lipinski definition) is 1. The summed E-state index contributed by atoms with van der Waals surface area (Å²) in [5.41, 5.74) is 0.258. The van der Waals surface area contributed by atoms with Crippen molar-refractivity contribution in [1.82, 2.24) is 9.80 Å². The van der Waals surface area contributed by atoms with Crippen molar-refractivity contribution >= 4 is 17.5 Å². The molecule has 1 amide bonds. The summed E-state index contributed by atoms with van der Waals surface area (Å²) in [7, 11) is 0. The van der Waals surface area contributed by atoms with Crippen molar-refractivity contribution < 1.29 is 14.6 Å². The standard InChI is InChI=1S/C19H21ClN2O3/c20-15-6-7-18(23)17(14-15)19(24)22-10-8-21(9-11-22)12-13-25-16-4-2-1-3-5-16/h1-7,14,23H,8-13H2. The SMILES string of the molecule is O=C(c1cc(Cl)ccc1O)N1CCN(CCOc2ccccc2)CC1. The van der Waals surface area contributed by atoms with Crippen LogP contribution in [0.3, 0.4) is 0 Å². The summed E-state index contributed by atoms with van der Waals surface area (Å²) < 4.78 is 5.71. The average molecular weight is 361 g/mol. The predicted octanol–water partition coefficient (Wildman–Crippen LogP) is 2.88. The number of phenols is 1. The Morgan fingerprint density at radius 1 is 1.08 bits per heavy atom. The molecule has 0 spiro atoms. The maximum absolute atomic E-state index is 12.5. The number of carbonyl (C=O) groups is 1. The molecule has 25 heavy (non-hydrogen) atoms. The summed E-state index contributed by atoms with van der Waals surface area (Å²) in [6, 6.07) is 14.3. The van der Waals surface area contributed by atoms with Gasteiger partial charge in [0, 0.05) is 37.7 Å². The Morgan fingerprint density at radius 2 is 1.80 bits per heavy atom. The Bertz CT molecular complexity index is 716. The second-order valence-corrected chi connectivity index (χ2v) is 6.39. The molecule has 0 bridgehead atoms. The number of piperazine rings is 1. The van der Waals surface area contributed by atoms with Crippen LogP contribution in [0, 0.1) is 0 Å². The van der Waals surface area contributed by atoms with E-state index in [1.165, 1.54) is 12.1 Å². The first-order valence-corrected chi connectivity index (χ1v) is 8.69. The Kier molecular flexibility index (Phi) is 5.79. The third-order valence-electron chi connectivity index (χ3n) is 4.27. The van der Waals surface area contributed by atoms with Crippen molar-refractivity contribution in [2.45, 2.75) is 0 Å². The molecule has 1 heterocycles. The number of para-hydroxylation sites is 1. The van der Waals surface area contributed by atoms with E-state index < -0.39 is 0 Å². The minimum Gasteiger partial charge on any atom is -0.507 e. The molecule has 0 aromatic heterocycles. The number of halogens is 1. The van der Waals surface area contributed by atoms with E-state index in [-0.39, 0.29) is 17.2 Å². The lowest BCUT2D eigenvalue weighted by Gasteiger charge is -2.34. The van der Waals surface area contributed by atoms with Crippen LogP contribution in [0.5, 0.6) is 11.5 Å². The number of phenolic OH excluding ortho intramolecular Hbond substituents is 1. The lowest BCUT2D eigenvalue weighted by atomic mass is 10.1. The number of ether oxygens (including phenoxy) is 1. The second kappa shape index (κ2) is 8.23. The van der Waals surface area contributed by atoms with E-state index in [0.717, 1.165) is 25.4 Å². The highest BCUT2D eigenvalue weighted by atomic mass is 35.5. The fraction of sp³-hybridized carbons (Fsp3) is 0.316. The first kappa shape index (κ1) is 17.6. The first-order chi connectivity index (χ1) is 12.1. The van der Waals surface area contributed by atoms with Gasteiger partial charge in [0.1, 0.15) is 18.1 Å². The molecule has 3 rings (SSSR count). The van der Waals surface area contributed by atoms with Crippen molar-refractivity contribution in [3.05, 3.63) is 59.1 Å². The molecule has 2 aromatic carbocycles. The van der Waals surface area contributed by atoms with Gasteiger partial charge in [0.25, 0.3) is 5.91 Å². The monoisotopic (exact) mass is 360 g/mol. The van der Waals surface area contributed by atoms with Gasteiger partial charge in [-0.05, 0) is 30.3 Å². The maximum Gasteiger partial charge on any atom is 0.257 e. The van der Waals surface area contributed by atoms with Crippen LogP contribution in [0.1, 0.15) is 10.4 Å². The van der Waals surface area contributed by atoms with Crippen LogP contribution in [0.15, 0.2) is 48.5 Å². The van der Waals surface area contributed by atoms with E-state index in [1.807, 2.05) is 30.3 Å². The number of nitrogens with zero attached hydrogens (tertiary/aromatic N) is 2. The molecule has 0 unspecified atom stereocenters. The Morgan fingerprint density at radius 3 is 2.52 bits per heavy atom. The summed E-state index contributed by atoms with van der Waals surface area (Å²) in [5.74, 6) is 0.654. The van der Waals surface area contributed by atoms with Crippen LogP contribution >= 0.6 is 11.6 Å². The van der Waals surface area contributed by atoms with E-state index >= 15 is 0 Å². The summed E-state index contributed by atoms with van der Waals surface area (Å²) in [5, 5.41) is 10.3. The Labute approximate surface area is 152 Å². The average Bonchev–Trinajstić information content (AvgIpc) is 2.65. The number of aromatic hydroxyl groups is 1. The number of rotatable bonds is 5. The largest absolute Gasteiger partial charge is 0.507 e. The fourth-order valence-corrected chi connectivity index (χ4v) is 3.01. The van der Waals surface area contributed by atoms with Gasteiger partial charge in [-0.3, -0.25) is 9.69 Å². The lowest BCUT2D eigenvalue weighted by molar-refractivity contribution is 0.0617. The van der Waals surface area contributed by atoms with Crippen LogP contribution in [0.4, 0.5) is 0 Å². The number of carbonyl (C=O) groups excluding carboxylic acids is 1. The van der Waals surface area contributed by atoms with Crippen molar-refractivity contribution in [2.75, 3.05) is 39.3 Å². The summed E-state index contributed by atoms with van der Waals surface area (Å²) >= 11 is 5.93. The molecule has 0 atom stereocenters. The minimum absolute atomic E-state index is 0.0342. The van der Waals surface area contributed by atoms with Crippen LogP contribution in [-0.2, 0) is 0 Å². The van der Waals surface area contributed by atoms with Crippen LogP contribution in [0.25, 0.3) is 0 Å². The van der Waals surface area contributed by atoms with Crippen molar-refractivity contribution in [3.63, 3.8) is 0 Å². The second-order valence-electron chi connectivity index (χ2n) is 5.96. The Balaban J connectivity index is 1.47. The van der Waals surface area contributed by atoms with Gasteiger partial charge in [0.05, 0.1) is 5.56 Å². The van der Waals surface area contributed by atoms with Gasteiger partial charge >= 0.3 is 0 Å². The molecule has 2 aromatic rings. The van der Waals surface area contributed by atoms with Gasteiger partial charge in [-0.25, -0.2) is 0 Å². The molecule has 1 N–H and O–H groups in total. The summed E-state index contributed by atoms with van der Waals surface area (Å²) in [6.45, 7) is 4.25. The van der Waals surface area contributed by atoms with Gasteiger partial charge in [0.2, 0.25) is 0 Å². The van der Waals surface area contributed by atoms with Crippen molar-refractivity contribution in [2.24, 2.45) is 0 Å². The van der Waals surface area contributed by atoms with E-state index in [2.05, 4.69) is 4.90 Å². The molecule has 1 fully saturated rings. The summed E-state index contributed by atoms with van der Waals surface area (Å²) in [6.07, 6.45) is 0. The third-order valence-corrected chi connectivity index (χ3v) is 4.50. The molecule has 6 heteroatoms. The molecule has 1 aliphatic rings. The molecule has 0 aliphatic carbocycles. The maximum atomic E-state index is 12.5. The number of hydrogen-bond acceptors (Lipinski definition) is 4. The zero-order chi connectivity index (χ0) is 17.6. The lowest BCUT2D eigenvalue weighted by Crippen LogP contribution is -2.49. The highest BCUT2D eigenvalue weighted by Gasteiger charge is 2.24. The normalized spacial score (nSPS) is 15.2. The molecular formula is C19H21ClN2O3. The third kappa shape index (κ3) is 4.65. The van der Waals surface area contributed by atoms with Crippen LogP contribution < -0.4 is 4.74 Å². The molecular weight excluding hydrogens is 340 g/mol. The first-order valence-electron chi connectivity index (χ1n) is 8.31. The van der Waals surface area contributed by atoms with E-state index in [4.69, 9.17) is 16.3 Å². The van der Waals surface area contributed by atoms with Gasteiger partial charge in [0.15, 0.2) is 0 Å². The van der Waals surface area contributed by atoms with E-state index in [0.29, 0.717) is 24.7 Å². The molecule has 1 aliphatic heterocycles. The molecule has 0 radical (unpaired) electrons. The van der Waals surface area contributed by atoms with Crippen molar-refractivity contribution in [1.29, 1.82) is 0 Å². The quantitative estimate of drug-likeness (QED) is 0.890. The van der Waals surface area contributed by atoms with Gasteiger partial charge in [-0.2, -0.15) is 0 Å². The Hall–Kier alpha value is -2.24. The number of benzene rings is 2. The molecule has 132 valence electrons. The van der Waals surface area contributed by atoms with Crippen molar-refractivity contribution in [3.8, 4) is 11.5 Å². The molecule has 1 saturated heterocycles. The highest BCUT2D eigenvalue weighted by molar-refractivity contribution is 6.31. The molecule has 5 nitrogen and oxygen atoms in total. The summed E-state index contributed by atoms with van der Waals surface area (Å²) in [4.78, 5) is 16.6. The highest BCUT2D eigenvalue weighted by Crippen LogP contribution is 2.23. The number of amides is 1. The van der Waals surface area contributed by atoms with Crippen LogP contribution in [-0.4, -0.2) is 60.1 Å². The van der Waals surface area contributed by atoms with E-state index in [9.17, 15) is 9.90 Å². The van der Waals surface area contributed by atoms with Gasteiger partial charge in [-0.15, -0.1) is 0 Å². The van der Waals surface area contributed by atoms with Crippen LogP contribution in [0.2, 0.25) is 5.02 Å².